The molecule has 5 nitrogen and oxygen atoms in total. The molecule has 0 bridgehead atoms. The molecule has 1 heterocycles. The van der Waals surface area contributed by atoms with E-state index in [1.165, 1.54) is 6.07 Å². The predicted molar refractivity (Wildman–Crippen MR) is 107 cm³/mol. The van der Waals surface area contributed by atoms with Gasteiger partial charge in [0.05, 0.1) is 11.3 Å². The van der Waals surface area contributed by atoms with E-state index in [9.17, 15) is 13.2 Å². The molecular formula is C20H23ClN2O3S. The number of nitrogens with one attached hydrogen (secondary N) is 1. The Bertz CT molecular complexity index is 890. The number of sulfonamides is 1. The molecule has 1 aliphatic heterocycles. The molecule has 3 rings (SSSR count). The van der Waals surface area contributed by atoms with Crippen LogP contribution in [0.25, 0.3) is 0 Å². The summed E-state index contributed by atoms with van der Waals surface area (Å²) >= 11 is 5.85. The molecule has 1 fully saturated rings. The molecule has 27 heavy (non-hydrogen) atoms. The minimum Gasteiger partial charge on any atom is -0.326 e. The third-order valence-electron chi connectivity index (χ3n) is 4.60. The monoisotopic (exact) mass is 406 g/mol. The van der Waals surface area contributed by atoms with Crippen molar-refractivity contribution in [3.05, 3.63) is 59.1 Å². The van der Waals surface area contributed by atoms with Gasteiger partial charge in [-0.25, -0.2) is 8.42 Å². The van der Waals surface area contributed by atoms with E-state index >= 15 is 0 Å². The lowest BCUT2D eigenvalue weighted by Crippen LogP contribution is -2.32. The first-order valence-electron chi connectivity index (χ1n) is 9.10. The molecule has 0 spiro atoms. The van der Waals surface area contributed by atoms with E-state index in [1.54, 1.807) is 46.8 Å². The summed E-state index contributed by atoms with van der Waals surface area (Å²) in [6.45, 7) is 1.10. The summed E-state index contributed by atoms with van der Waals surface area (Å²) in [4.78, 5) is 12.5. The molecule has 1 N–H and O–H groups in total. The first-order chi connectivity index (χ1) is 12.9. The van der Waals surface area contributed by atoms with Gasteiger partial charge in [-0.3, -0.25) is 4.79 Å². The van der Waals surface area contributed by atoms with Gasteiger partial charge < -0.3 is 5.32 Å². The first kappa shape index (κ1) is 19.9. The molecule has 0 atom stereocenters. The summed E-state index contributed by atoms with van der Waals surface area (Å²) in [7, 11) is -3.54. The summed E-state index contributed by atoms with van der Waals surface area (Å²) < 4.78 is 27.4. The summed E-state index contributed by atoms with van der Waals surface area (Å²) in [5.41, 5.74) is 1.31. The molecule has 0 aliphatic carbocycles. The average molecular weight is 407 g/mol. The minimum absolute atomic E-state index is 0.195. The number of carbonyl (C=O) groups excluding carboxylic acids is 1. The lowest BCUT2D eigenvalue weighted by molar-refractivity contribution is -0.115. The number of hydrogen-bond donors (Lipinski definition) is 1. The van der Waals surface area contributed by atoms with Gasteiger partial charge in [0.1, 0.15) is 0 Å². The lowest BCUT2D eigenvalue weighted by atomic mass is 10.1. The van der Waals surface area contributed by atoms with Crippen LogP contribution in [0.4, 0.5) is 5.69 Å². The third-order valence-corrected chi connectivity index (χ3v) is 6.75. The highest BCUT2D eigenvalue weighted by Crippen LogP contribution is 2.23. The third kappa shape index (κ3) is 5.31. The second kappa shape index (κ2) is 8.87. The van der Waals surface area contributed by atoms with Crippen molar-refractivity contribution >= 4 is 33.2 Å². The summed E-state index contributed by atoms with van der Waals surface area (Å²) in [6, 6.07) is 13.5. The zero-order chi connectivity index (χ0) is 19.3. The quantitative estimate of drug-likeness (QED) is 0.813. The fourth-order valence-corrected chi connectivity index (χ4v) is 4.85. The van der Waals surface area contributed by atoms with Gasteiger partial charge >= 0.3 is 0 Å². The predicted octanol–water partition coefficient (Wildman–Crippen LogP) is 4.09. The van der Waals surface area contributed by atoms with Gasteiger partial charge in [-0.05, 0) is 48.7 Å². The van der Waals surface area contributed by atoms with Crippen LogP contribution in [-0.2, 0) is 21.2 Å². The molecule has 0 radical (unpaired) electrons. The molecule has 144 valence electrons. The first-order valence-corrected chi connectivity index (χ1v) is 10.9. The van der Waals surface area contributed by atoms with Crippen LogP contribution in [0.5, 0.6) is 0 Å². The van der Waals surface area contributed by atoms with Gasteiger partial charge in [-0.2, -0.15) is 4.31 Å². The molecule has 2 aromatic rings. The highest BCUT2D eigenvalue weighted by atomic mass is 35.5. The Kier molecular flexibility index (Phi) is 6.52. The maximum atomic E-state index is 12.9. The van der Waals surface area contributed by atoms with Crippen LogP contribution in [0.2, 0.25) is 5.02 Å². The van der Waals surface area contributed by atoms with Gasteiger partial charge in [-0.1, -0.05) is 42.6 Å². The van der Waals surface area contributed by atoms with Gasteiger partial charge in [0.25, 0.3) is 0 Å². The van der Waals surface area contributed by atoms with Crippen molar-refractivity contribution < 1.29 is 13.2 Å². The zero-order valence-electron chi connectivity index (χ0n) is 15.0. The maximum absolute atomic E-state index is 12.9. The molecule has 0 aromatic heterocycles. The fraction of sp³-hybridized carbons (Fsp3) is 0.350. The van der Waals surface area contributed by atoms with Gasteiger partial charge in [0.15, 0.2) is 0 Å². The van der Waals surface area contributed by atoms with Gasteiger partial charge in [-0.15, -0.1) is 0 Å². The van der Waals surface area contributed by atoms with Crippen molar-refractivity contribution in [3.8, 4) is 0 Å². The van der Waals surface area contributed by atoms with Crippen molar-refractivity contribution in [3.63, 3.8) is 0 Å². The number of amides is 1. The van der Waals surface area contributed by atoms with Crippen LogP contribution >= 0.6 is 11.6 Å². The zero-order valence-corrected chi connectivity index (χ0v) is 16.6. The standard InChI is InChI=1S/C20H23ClN2O3S/c21-17-10-8-16(9-11-17)14-20(24)22-18-6-5-7-19(15-18)27(25,26)23-12-3-1-2-4-13-23/h5-11,15H,1-4,12-14H2,(H,22,24). The normalized spacial score (nSPS) is 15.9. The highest BCUT2D eigenvalue weighted by Gasteiger charge is 2.25. The van der Waals surface area contributed by atoms with Crippen LogP contribution in [0.15, 0.2) is 53.4 Å². The Morgan fingerprint density at radius 2 is 1.67 bits per heavy atom. The molecule has 7 heteroatoms. The fourth-order valence-electron chi connectivity index (χ4n) is 3.16. The number of halogens is 1. The van der Waals surface area contributed by atoms with Crippen molar-refractivity contribution in [2.45, 2.75) is 37.0 Å². The number of nitrogens with zero attached hydrogens (tertiary/aromatic N) is 1. The van der Waals surface area contributed by atoms with Crippen molar-refractivity contribution in [2.75, 3.05) is 18.4 Å². The van der Waals surface area contributed by atoms with E-state index in [-0.39, 0.29) is 17.2 Å². The maximum Gasteiger partial charge on any atom is 0.243 e. The molecule has 0 unspecified atom stereocenters. The summed E-state index contributed by atoms with van der Waals surface area (Å²) in [5.74, 6) is -0.207. The largest absolute Gasteiger partial charge is 0.326 e. The van der Waals surface area contributed by atoms with E-state index in [2.05, 4.69) is 5.32 Å². The van der Waals surface area contributed by atoms with E-state index < -0.39 is 10.0 Å². The number of carbonyl (C=O) groups is 1. The lowest BCUT2D eigenvalue weighted by Gasteiger charge is -2.20. The Labute approximate surface area is 165 Å². The van der Waals surface area contributed by atoms with Crippen LogP contribution in [-0.4, -0.2) is 31.7 Å². The summed E-state index contributed by atoms with van der Waals surface area (Å²) in [6.07, 6.45) is 4.09. The smallest absolute Gasteiger partial charge is 0.243 e. The van der Waals surface area contributed by atoms with E-state index in [0.29, 0.717) is 23.8 Å². The number of benzene rings is 2. The highest BCUT2D eigenvalue weighted by molar-refractivity contribution is 7.89. The van der Waals surface area contributed by atoms with E-state index in [0.717, 1.165) is 31.2 Å². The Morgan fingerprint density at radius 3 is 2.33 bits per heavy atom. The van der Waals surface area contributed by atoms with Crippen molar-refractivity contribution in [1.29, 1.82) is 0 Å². The summed E-state index contributed by atoms with van der Waals surface area (Å²) in [5, 5.41) is 3.39. The molecular weight excluding hydrogens is 384 g/mol. The second-order valence-corrected chi connectivity index (χ2v) is 9.07. The molecule has 1 saturated heterocycles. The number of rotatable bonds is 5. The Hall–Kier alpha value is -1.89. The number of anilines is 1. The topological polar surface area (TPSA) is 66.5 Å². The van der Waals surface area contributed by atoms with Crippen molar-refractivity contribution in [2.24, 2.45) is 0 Å². The van der Waals surface area contributed by atoms with Crippen LogP contribution < -0.4 is 5.32 Å². The Balaban J connectivity index is 1.71. The molecule has 1 aliphatic rings. The molecule has 0 saturated carbocycles. The van der Waals surface area contributed by atoms with Crippen LogP contribution in [0.3, 0.4) is 0 Å². The van der Waals surface area contributed by atoms with Crippen molar-refractivity contribution in [1.82, 2.24) is 4.31 Å². The average Bonchev–Trinajstić information content (AvgIpc) is 2.94. The minimum atomic E-state index is -3.54. The van der Waals surface area contributed by atoms with Crippen LogP contribution in [0, 0.1) is 0 Å². The van der Waals surface area contributed by atoms with Gasteiger partial charge in [0, 0.05) is 23.8 Å². The molecule has 1 amide bonds. The van der Waals surface area contributed by atoms with E-state index in [4.69, 9.17) is 11.6 Å². The van der Waals surface area contributed by atoms with Crippen LogP contribution in [0.1, 0.15) is 31.2 Å². The van der Waals surface area contributed by atoms with Gasteiger partial charge in [0.2, 0.25) is 15.9 Å². The second-order valence-electron chi connectivity index (χ2n) is 6.70. The molecule has 2 aromatic carbocycles. The Morgan fingerprint density at radius 1 is 1.00 bits per heavy atom. The SMILES string of the molecule is O=C(Cc1ccc(Cl)cc1)Nc1cccc(S(=O)(=O)N2CCCCCC2)c1. The van der Waals surface area contributed by atoms with E-state index in [1.807, 2.05) is 0 Å². The number of hydrogen-bond acceptors (Lipinski definition) is 3.